The van der Waals surface area contributed by atoms with Gasteiger partial charge in [-0.1, -0.05) is 0 Å². The van der Waals surface area contributed by atoms with Crippen molar-refractivity contribution >= 4 is 18.4 Å². The number of nitrogens with zero attached hydrogens (tertiary/aromatic N) is 3. The molecule has 0 amide bonds. The van der Waals surface area contributed by atoms with Crippen LogP contribution >= 0.6 is 12.6 Å². The lowest BCUT2D eigenvalue weighted by Gasteiger charge is -1.89. The van der Waals surface area contributed by atoms with Crippen molar-refractivity contribution in [2.45, 2.75) is 5.03 Å². The third-order valence-electron chi connectivity index (χ3n) is 1.06. The predicted octanol–water partition coefficient (Wildman–Crippen LogP) is 0.617. The third kappa shape index (κ3) is 0.971. The van der Waals surface area contributed by atoms with Gasteiger partial charge >= 0.3 is 5.82 Å². The molecule has 0 spiro atoms. The number of nitro groups is 1. The molecule has 0 aliphatic heterocycles. The Morgan fingerprint density at radius 3 is 2.70 bits per heavy atom. The van der Waals surface area contributed by atoms with E-state index in [9.17, 15) is 10.1 Å². The fourth-order valence-electron chi connectivity index (χ4n) is 0.540. The summed E-state index contributed by atoms with van der Waals surface area (Å²) in [4.78, 5) is 13.1. The van der Waals surface area contributed by atoms with Crippen LogP contribution in [0.4, 0.5) is 5.82 Å². The normalized spacial score (nSPS) is 9.80. The van der Waals surface area contributed by atoms with E-state index in [2.05, 4.69) is 17.6 Å². The molecule has 0 aliphatic carbocycles. The van der Waals surface area contributed by atoms with Gasteiger partial charge in [0.25, 0.3) is 0 Å². The topological polar surface area (TPSA) is 61.0 Å². The van der Waals surface area contributed by atoms with Crippen LogP contribution < -0.4 is 0 Å². The van der Waals surface area contributed by atoms with E-state index in [1.165, 1.54) is 10.9 Å². The van der Waals surface area contributed by atoms with E-state index < -0.39 is 4.92 Å². The number of hydrogen-bond donors (Lipinski definition) is 1. The molecule has 0 saturated heterocycles. The molecule has 0 fully saturated rings. The fourth-order valence-corrected chi connectivity index (χ4v) is 0.731. The van der Waals surface area contributed by atoms with Gasteiger partial charge in [-0.25, -0.2) is 0 Å². The number of rotatable bonds is 1. The summed E-state index contributed by atoms with van der Waals surface area (Å²) in [6, 6.07) is 0. The molecule has 54 valence electrons. The molecule has 0 atom stereocenters. The molecule has 1 aromatic rings. The summed E-state index contributed by atoms with van der Waals surface area (Å²) in [5.41, 5.74) is 0. The molecule has 6 heteroatoms. The fraction of sp³-hybridized carbons (Fsp3) is 0.250. The smallest absolute Gasteiger partial charge is 0.358 e. The van der Waals surface area contributed by atoms with Gasteiger partial charge in [0.05, 0.1) is 0 Å². The van der Waals surface area contributed by atoms with E-state index in [0.29, 0.717) is 0 Å². The Morgan fingerprint density at radius 2 is 2.50 bits per heavy atom. The minimum Gasteiger partial charge on any atom is -0.358 e. The van der Waals surface area contributed by atoms with Gasteiger partial charge in [0, 0.05) is 7.05 Å². The minimum absolute atomic E-state index is 0.203. The highest BCUT2D eigenvalue weighted by atomic mass is 32.1. The standard InChI is InChI=1S/C4H5N3O2S/c1-6-2-5-3(4(6)10)7(8)9/h2,10H,1H3. The quantitative estimate of drug-likeness (QED) is 0.371. The molecule has 1 rings (SSSR count). The van der Waals surface area contributed by atoms with Gasteiger partial charge in [0.1, 0.15) is 0 Å². The average Bonchev–Trinajstić information content (AvgIpc) is 2.14. The molecule has 0 unspecified atom stereocenters. The zero-order valence-electron chi connectivity index (χ0n) is 5.18. The first-order valence-electron chi connectivity index (χ1n) is 2.47. The van der Waals surface area contributed by atoms with E-state index in [-0.39, 0.29) is 10.8 Å². The molecule has 0 N–H and O–H groups in total. The number of aromatic nitrogens is 2. The molecule has 0 saturated carbocycles. The second-order valence-electron chi connectivity index (χ2n) is 1.76. The molecule has 0 aromatic carbocycles. The van der Waals surface area contributed by atoms with E-state index in [1.54, 1.807) is 7.05 Å². The van der Waals surface area contributed by atoms with Crippen LogP contribution in [0.2, 0.25) is 0 Å². The monoisotopic (exact) mass is 159 g/mol. The summed E-state index contributed by atoms with van der Waals surface area (Å²) in [6.07, 6.45) is 1.35. The van der Waals surface area contributed by atoms with Crippen molar-refractivity contribution in [3.63, 3.8) is 0 Å². The highest BCUT2D eigenvalue weighted by molar-refractivity contribution is 7.80. The van der Waals surface area contributed by atoms with Gasteiger partial charge in [0.15, 0.2) is 5.03 Å². The van der Waals surface area contributed by atoms with E-state index >= 15 is 0 Å². The van der Waals surface area contributed by atoms with Crippen molar-refractivity contribution in [2.75, 3.05) is 0 Å². The van der Waals surface area contributed by atoms with Crippen molar-refractivity contribution in [1.29, 1.82) is 0 Å². The molecular formula is C4H5N3O2S. The van der Waals surface area contributed by atoms with Crippen LogP contribution in [-0.2, 0) is 7.05 Å². The zero-order valence-corrected chi connectivity index (χ0v) is 6.08. The Kier molecular flexibility index (Phi) is 1.62. The van der Waals surface area contributed by atoms with Crippen LogP contribution in [0.15, 0.2) is 11.4 Å². The summed E-state index contributed by atoms with van der Waals surface area (Å²) < 4.78 is 1.47. The number of aryl methyl sites for hydroxylation is 1. The molecule has 0 radical (unpaired) electrons. The van der Waals surface area contributed by atoms with Gasteiger partial charge in [-0.2, -0.15) is 0 Å². The van der Waals surface area contributed by atoms with Crippen LogP contribution in [0.3, 0.4) is 0 Å². The van der Waals surface area contributed by atoms with Crippen molar-refractivity contribution < 1.29 is 4.92 Å². The van der Waals surface area contributed by atoms with Gasteiger partial charge in [-0.05, 0) is 9.91 Å². The largest absolute Gasteiger partial charge is 0.395 e. The van der Waals surface area contributed by atoms with Crippen LogP contribution in [-0.4, -0.2) is 14.5 Å². The molecule has 10 heavy (non-hydrogen) atoms. The van der Waals surface area contributed by atoms with E-state index in [4.69, 9.17) is 0 Å². The molecule has 1 heterocycles. The second-order valence-corrected chi connectivity index (χ2v) is 2.18. The maximum Gasteiger partial charge on any atom is 0.395 e. The summed E-state index contributed by atoms with van der Waals surface area (Å²) in [7, 11) is 1.64. The van der Waals surface area contributed by atoms with Crippen molar-refractivity contribution in [1.82, 2.24) is 9.55 Å². The lowest BCUT2D eigenvalue weighted by Crippen LogP contribution is -1.90. The Balaban J connectivity index is 3.17. The molecule has 0 bridgehead atoms. The first-order valence-corrected chi connectivity index (χ1v) is 2.92. The van der Waals surface area contributed by atoms with E-state index in [1.807, 2.05) is 0 Å². The number of imidazole rings is 1. The average molecular weight is 159 g/mol. The maximum absolute atomic E-state index is 10.1. The lowest BCUT2D eigenvalue weighted by atomic mass is 10.8. The maximum atomic E-state index is 10.1. The summed E-state index contributed by atoms with van der Waals surface area (Å²) in [5, 5.41) is 10.4. The summed E-state index contributed by atoms with van der Waals surface area (Å²) in [5.74, 6) is -0.203. The summed E-state index contributed by atoms with van der Waals surface area (Å²) >= 11 is 3.86. The van der Waals surface area contributed by atoms with Gasteiger partial charge in [-0.3, -0.25) is 0 Å². The molecule has 0 aliphatic rings. The minimum atomic E-state index is -0.567. The first kappa shape index (κ1) is 7.07. The van der Waals surface area contributed by atoms with Crippen LogP contribution in [0.5, 0.6) is 0 Å². The highest BCUT2D eigenvalue weighted by Crippen LogP contribution is 2.17. The zero-order chi connectivity index (χ0) is 7.72. The molecule has 5 nitrogen and oxygen atoms in total. The van der Waals surface area contributed by atoms with Crippen LogP contribution in [0.25, 0.3) is 0 Å². The number of thiol groups is 1. The van der Waals surface area contributed by atoms with E-state index in [0.717, 1.165) is 0 Å². The van der Waals surface area contributed by atoms with Crippen LogP contribution in [0, 0.1) is 10.1 Å². The Bertz CT molecular complexity index is 269. The predicted molar refractivity (Wildman–Crippen MR) is 37.1 cm³/mol. The summed E-state index contributed by atoms with van der Waals surface area (Å²) in [6.45, 7) is 0. The van der Waals surface area contributed by atoms with Crippen LogP contribution in [0.1, 0.15) is 0 Å². The molecular weight excluding hydrogens is 154 g/mol. The molecule has 1 aromatic heterocycles. The Labute approximate surface area is 62.2 Å². The third-order valence-corrected chi connectivity index (χ3v) is 1.58. The highest BCUT2D eigenvalue weighted by Gasteiger charge is 2.15. The number of hydrogen-bond acceptors (Lipinski definition) is 4. The van der Waals surface area contributed by atoms with Gasteiger partial charge in [-0.15, -0.1) is 12.6 Å². The second kappa shape index (κ2) is 2.30. The van der Waals surface area contributed by atoms with Gasteiger partial charge in [0.2, 0.25) is 6.33 Å². The lowest BCUT2D eigenvalue weighted by molar-refractivity contribution is -0.392. The van der Waals surface area contributed by atoms with Crippen molar-refractivity contribution in [2.24, 2.45) is 7.05 Å². The Hall–Kier alpha value is -1.04. The van der Waals surface area contributed by atoms with Crippen molar-refractivity contribution in [3.8, 4) is 0 Å². The Morgan fingerprint density at radius 1 is 1.90 bits per heavy atom. The van der Waals surface area contributed by atoms with Gasteiger partial charge < -0.3 is 14.7 Å². The SMILES string of the molecule is Cn1cnc([N+](=O)[O-])c1S. The first-order chi connectivity index (χ1) is 4.63. The van der Waals surface area contributed by atoms with Crippen molar-refractivity contribution in [3.05, 3.63) is 16.4 Å².